The molecule has 5 nitrogen and oxygen atoms in total. The van der Waals surface area contributed by atoms with Crippen molar-refractivity contribution in [2.45, 2.75) is 13.8 Å². The van der Waals surface area contributed by atoms with E-state index in [1.54, 1.807) is 19.1 Å². The van der Waals surface area contributed by atoms with Crippen molar-refractivity contribution in [2.24, 2.45) is 0 Å². The van der Waals surface area contributed by atoms with Gasteiger partial charge in [0.2, 0.25) is 0 Å². The van der Waals surface area contributed by atoms with Crippen molar-refractivity contribution >= 4 is 5.69 Å². The number of aryl methyl sites for hydroxylation is 1. The molecule has 21 heavy (non-hydrogen) atoms. The standard InChI is InChI=1S/C15H14FN5/c1-9-5-3-6-11(14(9)17)15-18-19-20-21(15)13-8-4-7-12(16)10(13)2/h3-8H,17H2,1-2H3. The molecule has 0 bridgehead atoms. The highest BCUT2D eigenvalue weighted by Gasteiger charge is 2.16. The molecule has 0 saturated carbocycles. The lowest BCUT2D eigenvalue weighted by atomic mass is 10.1. The van der Waals surface area contributed by atoms with Gasteiger partial charge in [0.25, 0.3) is 0 Å². The summed E-state index contributed by atoms with van der Waals surface area (Å²) < 4.78 is 15.2. The molecule has 3 rings (SSSR count). The first-order valence-electron chi connectivity index (χ1n) is 6.49. The zero-order valence-electron chi connectivity index (χ0n) is 11.7. The molecule has 2 aromatic carbocycles. The van der Waals surface area contributed by atoms with E-state index in [0.29, 0.717) is 22.8 Å². The molecule has 3 aromatic rings. The van der Waals surface area contributed by atoms with Crippen LogP contribution in [-0.4, -0.2) is 20.2 Å². The number of hydrogen-bond donors (Lipinski definition) is 1. The van der Waals surface area contributed by atoms with Gasteiger partial charge >= 0.3 is 0 Å². The maximum atomic E-state index is 13.7. The van der Waals surface area contributed by atoms with Crippen LogP contribution in [0.5, 0.6) is 0 Å². The molecule has 106 valence electrons. The van der Waals surface area contributed by atoms with Crippen LogP contribution in [0, 0.1) is 19.7 Å². The quantitative estimate of drug-likeness (QED) is 0.734. The summed E-state index contributed by atoms with van der Waals surface area (Å²) in [7, 11) is 0. The molecular weight excluding hydrogens is 269 g/mol. The number of benzene rings is 2. The van der Waals surface area contributed by atoms with E-state index in [2.05, 4.69) is 15.5 Å². The molecule has 0 aliphatic heterocycles. The summed E-state index contributed by atoms with van der Waals surface area (Å²) in [6.45, 7) is 3.61. The first kappa shape index (κ1) is 13.2. The molecule has 0 atom stereocenters. The summed E-state index contributed by atoms with van der Waals surface area (Å²) in [5.74, 6) is 0.191. The third kappa shape index (κ3) is 2.14. The van der Waals surface area contributed by atoms with Gasteiger partial charge < -0.3 is 5.73 Å². The lowest BCUT2D eigenvalue weighted by Gasteiger charge is -2.10. The fourth-order valence-corrected chi connectivity index (χ4v) is 2.22. The van der Waals surface area contributed by atoms with Crippen molar-refractivity contribution in [2.75, 3.05) is 5.73 Å². The second-order valence-electron chi connectivity index (χ2n) is 4.83. The van der Waals surface area contributed by atoms with Crippen molar-refractivity contribution in [1.29, 1.82) is 0 Å². The first-order valence-corrected chi connectivity index (χ1v) is 6.49. The van der Waals surface area contributed by atoms with Crippen LogP contribution >= 0.6 is 0 Å². The monoisotopic (exact) mass is 283 g/mol. The Balaban J connectivity index is 2.22. The highest BCUT2D eigenvalue weighted by Crippen LogP contribution is 2.28. The highest BCUT2D eigenvalue weighted by molar-refractivity contribution is 5.75. The van der Waals surface area contributed by atoms with Crippen LogP contribution in [0.25, 0.3) is 17.1 Å². The number of para-hydroxylation sites is 1. The molecule has 1 aromatic heterocycles. The molecule has 1 heterocycles. The van der Waals surface area contributed by atoms with Gasteiger partial charge in [0, 0.05) is 16.8 Å². The predicted octanol–water partition coefficient (Wildman–Crippen LogP) is 2.67. The normalized spacial score (nSPS) is 10.8. The fraction of sp³-hybridized carbons (Fsp3) is 0.133. The summed E-state index contributed by atoms with van der Waals surface area (Å²) in [5.41, 5.74) is 9.46. The minimum Gasteiger partial charge on any atom is -0.398 e. The van der Waals surface area contributed by atoms with E-state index in [9.17, 15) is 4.39 Å². The van der Waals surface area contributed by atoms with Gasteiger partial charge in [0.15, 0.2) is 5.82 Å². The van der Waals surface area contributed by atoms with Crippen LogP contribution in [0.4, 0.5) is 10.1 Å². The van der Waals surface area contributed by atoms with Crippen LogP contribution in [0.3, 0.4) is 0 Å². The van der Waals surface area contributed by atoms with Crippen molar-refractivity contribution < 1.29 is 4.39 Å². The molecule has 0 unspecified atom stereocenters. The minimum absolute atomic E-state index is 0.300. The molecule has 2 N–H and O–H groups in total. The highest BCUT2D eigenvalue weighted by atomic mass is 19.1. The van der Waals surface area contributed by atoms with Gasteiger partial charge in [-0.3, -0.25) is 0 Å². The Labute approximate surface area is 121 Å². The van der Waals surface area contributed by atoms with Gasteiger partial charge in [-0.15, -0.1) is 5.10 Å². The topological polar surface area (TPSA) is 69.6 Å². The number of anilines is 1. The second kappa shape index (κ2) is 4.97. The van der Waals surface area contributed by atoms with E-state index in [1.165, 1.54) is 10.7 Å². The number of hydrogen-bond acceptors (Lipinski definition) is 4. The van der Waals surface area contributed by atoms with E-state index < -0.39 is 0 Å². The third-order valence-corrected chi connectivity index (χ3v) is 3.50. The van der Waals surface area contributed by atoms with Gasteiger partial charge in [0.05, 0.1) is 5.69 Å². The lowest BCUT2D eigenvalue weighted by molar-refractivity contribution is 0.614. The summed E-state index contributed by atoms with van der Waals surface area (Å²) in [6.07, 6.45) is 0. The zero-order chi connectivity index (χ0) is 15.0. The average molecular weight is 283 g/mol. The number of nitrogens with zero attached hydrogens (tertiary/aromatic N) is 4. The first-order chi connectivity index (χ1) is 10.1. The van der Waals surface area contributed by atoms with Crippen LogP contribution in [0.2, 0.25) is 0 Å². The number of tetrazole rings is 1. The van der Waals surface area contributed by atoms with E-state index in [-0.39, 0.29) is 5.82 Å². The van der Waals surface area contributed by atoms with Gasteiger partial charge in [0.1, 0.15) is 5.82 Å². The summed E-state index contributed by atoms with van der Waals surface area (Å²) in [5, 5.41) is 11.7. The van der Waals surface area contributed by atoms with Gasteiger partial charge in [-0.25, -0.2) is 4.39 Å². The zero-order valence-corrected chi connectivity index (χ0v) is 11.7. The van der Waals surface area contributed by atoms with E-state index >= 15 is 0 Å². The Hall–Kier alpha value is -2.76. The SMILES string of the molecule is Cc1cccc(-c2nnnn2-c2cccc(F)c2C)c1N. The van der Waals surface area contributed by atoms with E-state index in [0.717, 1.165) is 11.1 Å². The van der Waals surface area contributed by atoms with Crippen LogP contribution < -0.4 is 5.73 Å². The number of rotatable bonds is 2. The Morgan fingerprint density at radius 3 is 2.67 bits per heavy atom. The second-order valence-corrected chi connectivity index (χ2v) is 4.83. The third-order valence-electron chi connectivity index (χ3n) is 3.50. The van der Waals surface area contributed by atoms with Crippen LogP contribution in [0.1, 0.15) is 11.1 Å². The van der Waals surface area contributed by atoms with Gasteiger partial charge in [-0.1, -0.05) is 18.2 Å². The lowest BCUT2D eigenvalue weighted by Crippen LogP contribution is -2.05. The van der Waals surface area contributed by atoms with E-state index in [1.807, 2.05) is 25.1 Å². The van der Waals surface area contributed by atoms with Gasteiger partial charge in [-0.2, -0.15) is 4.68 Å². The largest absolute Gasteiger partial charge is 0.398 e. The van der Waals surface area contributed by atoms with Crippen molar-refractivity contribution in [3.8, 4) is 17.1 Å². The number of nitrogen functional groups attached to an aromatic ring is 1. The number of nitrogens with two attached hydrogens (primary N) is 1. The van der Waals surface area contributed by atoms with Gasteiger partial charge in [-0.05, 0) is 48.0 Å². The summed E-state index contributed by atoms with van der Waals surface area (Å²) >= 11 is 0. The summed E-state index contributed by atoms with van der Waals surface area (Å²) in [4.78, 5) is 0. The molecule has 0 aliphatic rings. The molecule has 6 heteroatoms. The Morgan fingerprint density at radius 1 is 1.10 bits per heavy atom. The van der Waals surface area contributed by atoms with E-state index in [4.69, 9.17) is 5.73 Å². The summed E-state index contributed by atoms with van der Waals surface area (Å²) in [6, 6.07) is 10.5. The molecule has 0 aliphatic carbocycles. The predicted molar refractivity (Wildman–Crippen MR) is 78.4 cm³/mol. The minimum atomic E-state index is -0.300. The molecule has 0 saturated heterocycles. The Kier molecular flexibility index (Phi) is 3.13. The fourth-order valence-electron chi connectivity index (χ4n) is 2.22. The molecule has 0 amide bonds. The van der Waals surface area contributed by atoms with Crippen molar-refractivity contribution in [3.63, 3.8) is 0 Å². The Morgan fingerprint density at radius 2 is 1.86 bits per heavy atom. The molecule has 0 spiro atoms. The van der Waals surface area contributed by atoms with Crippen LogP contribution in [-0.2, 0) is 0 Å². The molecule has 0 radical (unpaired) electrons. The maximum absolute atomic E-state index is 13.7. The number of aromatic nitrogens is 4. The number of halogens is 1. The maximum Gasteiger partial charge on any atom is 0.189 e. The average Bonchev–Trinajstić information content (AvgIpc) is 2.94. The molecule has 0 fully saturated rings. The molecular formula is C15H14FN5. The smallest absolute Gasteiger partial charge is 0.189 e. The van der Waals surface area contributed by atoms with Crippen molar-refractivity contribution in [1.82, 2.24) is 20.2 Å². The van der Waals surface area contributed by atoms with Crippen LogP contribution in [0.15, 0.2) is 36.4 Å². The van der Waals surface area contributed by atoms with Crippen molar-refractivity contribution in [3.05, 3.63) is 53.3 Å². The Bertz CT molecular complexity index is 744.